The molecule has 2 nitrogen and oxygen atoms in total. The van der Waals surface area contributed by atoms with Crippen molar-refractivity contribution in [3.63, 3.8) is 0 Å². The first-order chi connectivity index (χ1) is 8.89. The van der Waals surface area contributed by atoms with Gasteiger partial charge in [-0.25, -0.2) is 0 Å². The fourth-order valence-electron chi connectivity index (χ4n) is 2.19. The highest BCUT2D eigenvalue weighted by Gasteiger charge is 2.20. The van der Waals surface area contributed by atoms with Crippen molar-refractivity contribution in [1.82, 2.24) is 5.32 Å². The normalized spacial score (nSPS) is 13.6. The summed E-state index contributed by atoms with van der Waals surface area (Å²) in [5, 5.41) is 4.35. The number of ether oxygens (including phenoxy) is 1. The molecule has 0 fully saturated rings. The molecule has 108 valence electrons. The van der Waals surface area contributed by atoms with Crippen molar-refractivity contribution in [1.29, 1.82) is 0 Å². The first kappa shape index (κ1) is 16.5. The Morgan fingerprint density at radius 1 is 1.37 bits per heavy atom. The molecule has 0 saturated heterocycles. The standard InChI is InChI=1S/C16H26ClNO/c1-6-18-15(9-10-16(3,4)19-5)14-11-13(17)8-7-12(14)2/h7-8,11,15,18H,6,9-10H2,1-5H3. The predicted molar refractivity (Wildman–Crippen MR) is 82.9 cm³/mol. The zero-order chi connectivity index (χ0) is 14.5. The molecule has 3 heteroatoms. The van der Waals surface area contributed by atoms with Gasteiger partial charge in [0.1, 0.15) is 0 Å². The molecule has 19 heavy (non-hydrogen) atoms. The number of rotatable bonds is 7. The molecule has 1 atom stereocenters. The zero-order valence-electron chi connectivity index (χ0n) is 12.7. The molecule has 0 aliphatic heterocycles. The number of hydrogen-bond acceptors (Lipinski definition) is 2. The minimum atomic E-state index is -0.0832. The van der Waals surface area contributed by atoms with Crippen LogP contribution < -0.4 is 5.32 Å². The molecule has 0 amide bonds. The number of hydrogen-bond donors (Lipinski definition) is 1. The van der Waals surface area contributed by atoms with Crippen molar-refractivity contribution in [3.8, 4) is 0 Å². The number of benzene rings is 1. The molecule has 0 aromatic heterocycles. The Balaban J connectivity index is 2.85. The fourth-order valence-corrected chi connectivity index (χ4v) is 2.38. The molecule has 1 aromatic rings. The van der Waals surface area contributed by atoms with Gasteiger partial charge in [-0.05, 0) is 63.4 Å². The van der Waals surface area contributed by atoms with E-state index < -0.39 is 0 Å². The minimum absolute atomic E-state index is 0.0832. The summed E-state index contributed by atoms with van der Waals surface area (Å²) in [4.78, 5) is 0. The van der Waals surface area contributed by atoms with Crippen LogP contribution in [-0.2, 0) is 4.74 Å². The monoisotopic (exact) mass is 283 g/mol. The van der Waals surface area contributed by atoms with Crippen molar-refractivity contribution < 1.29 is 4.74 Å². The van der Waals surface area contributed by atoms with Crippen LogP contribution in [0.2, 0.25) is 5.02 Å². The lowest BCUT2D eigenvalue weighted by Crippen LogP contribution is -2.27. The maximum absolute atomic E-state index is 6.13. The second kappa shape index (κ2) is 7.28. The van der Waals surface area contributed by atoms with Gasteiger partial charge in [0, 0.05) is 18.2 Å². The van der Waals surface area contributed by atoms with Crippen LogP contribution in [0.25, 0.3) is 0 Å². The van der Waals surface area contributed by atoms with Gasteiger partial charge in [-0.1, -0.05) is 24.6 Å². The molecule has 0 saturated carbocycles. The number of aryl methyl sites for hydroxylation is 1. The summed E-state index contributed by atoms with van der Waals surface area (Å²) in [6.45, 7) is 9.47. The number of halogens is 1. The molecule has 0 aliphatic carbocycles. The van der Waals surface area contributed by atoms with Crippen LogP contribution in [0.5, 0.6) is 0 Å². The maximum atomic E-state index is 6.13. The highest BCUT2D eigenvalue weighted by Crippen LogP contribution is 2.28. The first-order valence-electron chi connectivity index (χ1n) is 6.94. The summed E-state index contributed by atoms with van der Waals surface area (Å²) in [5.74, 6) is 0. The third kappa shape index (κ3) is 5.13. The van der Waals surface area contributed by atoms with Crippen LogP contribution in [-0.4, -0.2) is 19.3 Å². The summed E-state index contributed by atoms with van der Waals surface area (Å²) in [7, 11) is 1.77. The fraction of sp³-hybridized carbons (Fsp3) is 0.625. The molecule has 0 aliphatic rings. The molecule has 1 unspecified atom stereocenters. The number of nitrogens with one attached hydrogen (secondary N) is 1. The Morgan fingerprint density at radius 2 is 2.05 bits per heavy atom. The first-order valence-corrected chi connectivity index (χ1v) is 7.32. The van der Waals surface area contributed by atoms with Crippen LogP contribution in [0.1, 0.15) is 50.8 Å². The van der Waals surface area contributed by atoms with Gasteiger partial charge in [0.05, 0.1) is 5.60 Å². The van der Waals surface area contributed by atoms with Crippen LogP contribution in [0, 0.1) is 6.92 Å². The summed E-state index contributed by atoms with van der Waals surface area (Å²) >= 11 is 6.13. The van der Waals surface area contributed by atoms with E-state index in [1.54, 1.807) is 7.11 Å². The van der Waals surface area contributed by atoms with E-state index >= 15 is 0 Å². The average Bonchev–Trinajstić information content (AvgIpc) is 2.37. The molecular weight excluding hydrogens is 258 g/mol. The molecular formula is C16H26ClNO. The Hall–Kier alpha value is -0.570. The third-order valence-corrected chi connectivity index (χ3v) is 3.89. The molecule has 1 rings (SSSR count). The minimum Gasteiger partial charge on any atom is -0.379 e. The van der Waals surface area contributed by atoms with E-state index in [1.165, 1.54) is 11.1 Å². The van der Waals surface area contributed by atoms with Crippen LogP contribution >= 0.6 is 11.6 Å². The average molecular weight is 284 g/mol. The Kier molecular flexibility index (Phi) is 6.31. The largest absolute Gasteiger partial charge is 0.379 e. The molecule has 0 heterocycles. The Labute approximate surface area is 122 Å². The molecule has 1 N–H and O–H groups in total. The van der Waals surface area contributed by atoms with Crippen molar-refractivity contribution in [3.05, 3.63) is 34.3 Å². The predicted octanol–water partition coefficient (Wildman–Crippen LogP) is 4.50. The summed E-state index contributed by atoms with van der Waals surface area (Å²) in [6.07, 6.45) is 2.04. The van der Waals surface area contributed by atoms with Crippen molar-refractivity contribution >= 4 is 11.6 Å². The van der Waals surface area contributed by atoms with Crippen LogP contribution in [0.3, 0.4) is 0 Å². The summed E-state index contributed by atoms with van der Waals surface area (Å²) < 4.78 is 5.50. The van der Waals surface area contributed by atoms with Crippen LogP contribution in [0.4, 0.5) is 0 Å². The van der Waals surface area contributed by atoms with Crippen LogP contribution in [0.15, 0.2) is 18.2 Å². The van der Waals surface area contributed by atoms with Gasteiger partial charge in [0.25, 0.3) is 0 Å². The molecule has 1 aromatic carbocycles. The van der Waals surface area contributed by atoms with E-state index in [-0.39, 0.29) is 5.60 Å². The lowest BCUT2D eigenvalue weighted by Gasteiger charge is -2.27. The van der Waals surface area contributed by atoms with Gasteiger partial charge in [-0.15, -0.1) is 0 Å². The van der Waals surface area contributed by atoms with Gasteiger partial charge < -0.3 is 10.1 Å². The molecule has 0 spiro atoms. The Morgan fingerprint density at radius 3 is 2.63 bits per heavy atom. The number of methoxy groups -OCH3 is 1. The van der Waals surface area contributed by atoms with Gasteiger partial charge in [-0.2, -0.15) is 0 Å². The van der Waals surface area contributed by atoms with E-state index in [0.717, 1.165) is 24.4 Å². The van der Waals surface area contributed by atoms with E-state index in [9.17, 15) is 0 Å². The lowest BCUT2D eigenvalue weighted by atomic mass is 9.92. The van der Waals surface area contributed by atoms with E-state index in [4.69, 9.17) is 16.3 Å². The second-order valence-corrected chi connectivity index (χ2v) is 6.05. The topological polar surface area (TPSA) is 21.3 Å². The Bertz CT molecular complexity index is 404. The molecule has 0 radical (unpaired) electrons. The van der Waals surface area contributed by atoms with Crippen molar-refractivity contribution in [2.45, 2.75) is 52.2 Å². The van der Waals surface area contributed by atoms with Gasteiger partial charge in [0.15, 0.2) is 0 Å². The van der Waals surface area contributed by atoms with Gasteiger partial charge >= 0.3 is 0 Å². The van der Waals surface area contributed by atoms with E-state index in [0.29, 0.717) is 6.04 Å². The van der Waals surface area contributed by atoms with E-state index in [2.05, 4.69) is 45.1 Å². The second-order valence-electron chi connectivity index (χ2n) is 5.61. The van der Waals surface area contributed by atoms with Gasteiger partial charge in [0.2, 0.25) is 0 Å². The molecule has 0 bridgehead atoms. The highest BCUT2D eigenvalue weighted by atomic mass is 35.5. The van der Waals surface area contributed by atoms with Gasteiger partial charge in [-0.3, -0.25) is 0 Å². The summed E-state index contributed by atoms with van der Waals surface area (Å²) in [5.41, 5.74) is 2.49. The maximum Gasteiger partial charge on any atom is 0.0623 e. The van der Waals surface area contributed by atoms with Crippen molar-refractivity contribution in [2.75, 3.05) is 13.7 Å². The zero-order valence-corrected chi connectivity index (χ0v) is 13.5. The van der Waals surface area contributed by atoms with Crippen molar-refractivity contribution in [2.24, 2.45) is 0 Å². The highest BCUT2D eigenvalue weighted by molar-refractivity contribution is 6.30. The smallest absolute Gasteiger partial charge is 0.0623 e. The SMILES string of the molecule is CCNC(CCC(C)(C)OC)c1cc(Cl)ccc1C. The quantitative estimate of drug-likeness (QED) is 0.795. The lowest BCUT2D eigenvalue weighted by molar-refractivity contribution is 0.0117. The summed E-state index contributed by atoms with van der Waals surface area (Å²) in [6, 6.07) is 6.44. The van der Waals surface area contributed by atoms with E-state index in [1.807, 2.05) is 6.07 Å². The third-order valence-electron chi connectivity index (χ3n) is 3.65.